The van der Waals surface area contributed by atoms with E-state index in [0.29, 0.717) is 11.6 Å². The molecular weight excluding hydrogens is 622 g/mol. The molecule has 1 N–H and O–H groups in total. The first-order chi connectivity index (χ1) is 22.1. The minimum atomic E-state index is -4.25. The van der Waals surface area contributed by atoms with Gasteiger partial charge >= 0.3 is 0 Å². The second kappa shape index (κ2) is 16.3. The minimum absolute atomic E-state index is 0.0270. The summed E-state index contributed by atoms with van der Waals surface area (Å²) in [6.45, 7) is 3.84. The highest BCUT2D eigenvalue weighted by Crippen LogP contribution is 2.33. The second-order valence-electron chi connectivity index (χ2n) is 11.0. The highest BCUT2D eigenvalue weighted by Gasteiger charge is 2.35. The number of ether oxygens (including phenoxy) is 1. The third-order valence-electron chi connectivity index (χ3n) is 7.61. The third-order valence-corrected chi connectivity index (χ3v) is 9.63. The van der Waals surface area contributed by atoms with E-state index < -0.39 is 28.5 Å². The summed E-state index contributed by atoms with van der Waals surface area (Å²) < 4.78 is 35.1. The van der Waals surface area contributed by atoms with Gasteiger partial charge in [-0.25, -0.2) is 8.42 Å². The molecule has 4 aromatic rings. The fourth-order valence-corrected chi connectivity index (χ4v) is 6.58. The molecule has 0 fully saturated rings. The number of nitrogens with one attached hydrogen (secondary N) is 1. The Morgan fingerprint density at radius 2 is 1.52 bits per heavy atom. The highest BCUT2D eigenvalue weighted by molar-refractivity contribution is 7.92. The molecule has 10 heteroatoms. The fraction of sp³-hybridized carbons (Fsp3) is 0.278. The molecule has 46 heavy (non-hydrogen) atoms. The molecule has 0 saturated heterocycles. The van der Waals surface area contributed by atoms with Gasteiger partial charge < -0.3 is 15.0 Å². The summed E-state index contributed by atoms with van der Waals surface area (Å²) in [7, 11) is -2.80. The molecule has 1 atom stereocenters. The Balaban J connectivity index is 1.81. The summed E-state index contributed by atoms with van der Waals surface area (Å²) in [6.07, 6.45) is 1.91. The quantitative estimate of drug-likeness (QED) is 0.149. The average Bonchev–Trinajstić information content (AvgIpc) is 3.06. The van der Waals surface area contributed by atoms with E-state index in [-0.39, 0.29) is 35.2 Å². The molecule has 0 heterocycles. The summed E-state index contributed by atoms with van der Waals surface area (Å²) in [5.41, 5.74) is 2.70. The molecule has 4 rings (SSSR count). The van der Waals surface area contributed by atoms with Gasteiger partial charge in [-0.1, -0.05) is 97.2 Å². The highest BCUT2D eigenvalue weighted by atomic mass is 35.5. The van der Waals surface area contributed by atoms with Crippen LogP contribution in [-0.4, -0.2) is 51.4 Å². The minimum Gasteiger partial charge on any atom is -0.495 e. The lowest BCUT2D eigenvalue weighted by atomic mass is 10.0. The molecule has 0 spiro atoms. The van der Waals surface area contributed by atoms with Gasteiger partial charge in [-0.3, -0.25) is 13.9 Å². The molecule has 242 valence electrons. The van der Waals surface area contributed by atoms with Crippen molar-refractivity contribution in [2.75, 3.05) is 24.5 Å². The van der Waals surface area contributed by atoms with Crippen LogP contribution in [0, 0.1) is 6.92 Å². The van der Waals surface area contributed by atoms with Crippen molar-refractivity contribution in [1.29, 1.82) is 0 Å². The molecule has 8 nitrogen and oxygen atoms in total. The van der Waals surface area contributed by atoms with Crippen LogP contribution in [0.2, 0.25) is 5.02 Å². The Labute approximate surface area is 277 Å². The van der Waals surface area contributed by atoms with E-state index in [1.807, 2.05) is 44.2 Å². The summed E-state index contributed by atoms with van der Waals surface area (Å²) in [4.78, 5) is 29.9. The monoisotopic (exact) mass is 661 g/mol. The third kappa shape index (κ3) is 8.89. The maximum atomic E-state index is 14.6. The number of methoxy groups -OCH3 is 1. The second-order valence-corrected chi connectivity index (χ2v) is 13.3. The normalized spacial score (nSPS) is 11.8. The molecule has 0 aliphatic heterocycles. The number of rotatable bonds is 15. The predicted molar refractivity (Wildman–Crippen MR) is 183 cm³/mol. The smallest absolute Gasteiger partial charge is 0.264 e. The van der Waals surface area contributed by atoms with Gasteiger partial charge in [-0.05, 0) is 60.9 Å². The van der Waals surface area contributed by atoms with Crippen LogP contribution in [0.5, 0.6) is 5.75 Å². The van der Waals surface area contributed by atoms with Gasteiger partial charge in [0.1, 0.15) is 18.3 Å². The van der Waals surface area contributed by atoms with E-state index in [1.165, 1.54) is 24.1 Å². The lowest BCUT2D eigenvalue weighted by Crippen LogP contribution is -2.53. The van der Waals surface area contributed by atoms with Gasteiger partial charge in [0, 0.05) is 24.5 Å². The van der Waals surface area contributed by atoms with Crippen LogP contribution in [0.15, 0.2) is 108 Å². The molecule has 4 aromatic carbocycles. The SMILES string of the molecule is CCCCNC(=O)[C@@H](Cc1ccccc1)N(Cc1ccc(Cl)cc1)C(=O)CN(c1ccccc1OC)S(=O)(=O)c1ccc(C)cc1. The van der Waals surface area contributed by atoms with Crippen molar-refractivity contribution in [2.45, 2.75) is 50.6 Å². The summed E-state index contributed by atoms with van der Waals surface area (Å²) in [5, 5.41) is 3.53. The number of amides is 2. The fourth-order valence-electron chi connectivity index (χ4n) is 5.03. The molecule has 0 bridgehead atoms. The number of sulfonamides is 1. The van der Waals surface area contributed by atoms with Gasteiger partial charge in [0.15, 0.2) is 0 Å². The Morgan fingerprint density at radius 3 is 2.17 bits per heavy atom. The number of hydrogen-bond acceptors (Lipinski definition) is 5. The Kier molecular flexibility index (Phi) is 12.2. The van der Waals surface area contributed by atoms with Crippen molar-refractivity contribution >= 4 is 39.1 Å². The Bertz CT molecular complexity index is 1700. The first-order valence-electron chi connectivity index (χ1n) is 15.2. The molecule has 0 unspecified atom stereocenters. The molecule has 0 aromatic heterocycles. The molecular formula is C36H40ClN3O5S. The van der Waals surface area contributed by atoms with Crippen LogP contribution in [0.1, 0.15) is 36.5 Å². The van der Waals surface area contributed by atoms with Gasteiger partial charge in [0.25, 0.3) is 10.0 Å². The Morgan fingerprint density at radius 1 is 0.870 bits per heavy atom. The molecule has 0 aliphatic carbocycles. The zero-order chi connectivity index (χ0) is 33.1. The van der Waals surface area contributed by atoms with Crippen molar-refractivity contribution in [3.8, 4) is 5.75 Å². The van der Waals surface area contributed by atoms with Gasteiger partial charge in [0.05, 0.1) is 17.7 Å². The van der Waals surface area contributed by atoms with Crippen LogP contribution in [0.4, 0.5) is 5.69 Å². The molecule has 2 amide bonds. The number of unbranched alkanes of at least 4 members (excludes halogenated alkanes) is 1. The number of nitrogens with zero attached hydrogens (tertiary/aromatic N) is 2. The van der Waals surface area contributed by atoms with Crippen molar-refractivity contribution < 1.29 is 22.7 Å². The maximum absolute atomic E-state index is 14.6. The van der Waals surface area contributed by atoms with Crippen molar-refractivity contribution in [1.82, 2.24) is 10.2 Å². The largest absolute Gasteiger partial charge is 0.495 e. The summed E-state index contributed by atoms with van der Waals surface area (Å²) >= 11 is 6.16. The maximum Gasteiger partial charge on any atom is 0.264 e. The summed E-state index contributed by atoms with van der Waals surface area (Å²) in [5.74, 6) is -0.582. The van der Waals surface area contributed by atoms with Gasteiger partial charge in [-0.15, -0.1) is 0 Å². The van der Waals surface area contributed by atoms with Crippen LogP contribution >= 0.6 is 11.6 Å². The van der Waals surface area contributed by atoms with Crippen LogP contribution in [0.3, 0.4) is 0 Å². The lowest BCUT2D eigenvalue weighted by Gasteiger charge is -2.34. The van der Waals surface area contributed by atoms with Crippen LogP contribution in [0.25, 0.3) is 0 Å². The van der Waals surface area contributed by atoms with E-state index in [1.54, 1.807) is 60.7 Å². The van der Waals surface area contributed by atoms with E-state index >= 15 is 0 Å². The number of para-hydroxylation sites is 2. The van der Waals surface area contributed by atoms with E-state index in [4.69, 9.17) is 16.3 Å². The molecule has 0 saturated carbocycles. The lowest BCUT2D eigenvalue weighted by molar-refractivity contribution is -0.140. The van der Waals surface area contributed by atoms with Gasteiger partial charge in [-0.2, -0.15) is 0 Å². The number of aryl methyl sites for hydroxylation is 1. The topological polar surface area (TPSA) is 96.0 Å². The number of hydrogen-bond donors (Lipinski definition) is 1. The van der Waals surface area contributed by atoms with Crippen LogP contribution < -0.4 is 14.4 Å². The van der Waals surface area contributed by atoms with E-state index in [0.717, 1.165) is 33.8 Å². The first-order valence-corrected chi connectivity index (χ1v) is 17.0. The summed E-state index contributed by atoms with van der Waals surface area (Å²) in [6, 6.07) is 28.6. The zero-order valence-electron chi connectivity index (χ0n) is 26.4. The number of anilines is 1. The zero-order valence-corrected chi connectivity index (χ0v) is 27.9. The Hall–Kier alpha value is -4.34. The van der Waals surface area contributed by atoms with E-state index in [2.05, 4.69) is 5.32 Å². The predicted octanol–water partition coefficient (Wildman–Crippen LogP) is 6.41. The number of benzene rings is 4. The van der Waals surface area contributed by atoms with Gasteiger partial charge in [0.2, 0.25) is 11.8 Å². The standard InChI is InChI=1S/C36H40ClN3O5S/c1-4-5-23-38-36(42)33(24-28-11-7-6-8-12-28)39(25-29-17-19-30(37)20-18-29)35(41)26-40(32-13-9-10-14-34(32)45-3)46(43,44)31-21-15-27(2)16-22-31/h6-22,33H,4-5,23-26H2,1-3H3,(H,38,42)/t33-/m1/s1. The van der Waals surface area contributed by atoms with Crippen molar-refractivity contribution in [2.24, 2.45) is 0 Å². The van der Waals surface area contributed by atoms with Crippen molar-refractivity contribution in [3.05, 3.63) is 125 Å². The number of halogens is 1. The van der Waals surface area contributed by atoms with E-state index in [9.17, 15) is 18.0 Å². The first kappa shape index (κ1) is 34.5. The van der Waals surface area contributed by atoms with Crippen LogP contribution in [-0.2, 0) is 32.6 Å². The average molecular weight is 662 g/mol. The number of carbonyl (C=O) groups excluding carboxylic acids is 2. The molecule has 0 radical (unpaired) electrons. The molecule has 0 aliphatic rings. The number of carbonyl (C=O) groups is 2. The van der Waals surface area contributed by atoms with Crippen molar-refractivity contribution in [3.63, 3.8) is 0 Å².